The van der Waals surface area contributed by atoms with Gasteiger partial charge in [-0.3, -0.25) is 9.78 Å². The summed E-state index contributed by atoms with van der Waals surface area (Å²) in [7, 11) is 0. The van der Waals surface area contributed by atoms with Crippen LogP contribution in [0.25, 0.3) is 0 Å². The second-order valence-electron chi connectivity index (χ2n) is 3.56. The minimum absolute atomic E-state index is 0.244. The number of nitrogens with zero attached hydrogens (tertiary/aromatic N) is 1. The van der Waals surface area contributed by atoms with Crippen LogP contribution in [0.4, 0.5) is 11.4 Å². The Bertz CT molecular complexity index is 564. The lowest BCUT2D eigenvalue weighted by atomic mass is 10.2. The Balaban J connectivity index is 2.25. The molecule has 0 aliphatic carbocycles. The van der Waals surface area contributed by atoms with Crippen molar-refractivity contribution in [3.63, 3.8) is 0 Å². The fourth-order valence-electron chi connectivity index (χ4n) is 1.38. The molecule has 1 amide bonds. The lowest BCUT2D eigenvalue weighted by Gasteiger charge is -2.07. The van der Waals surface area contributed by atoms with Crippen LogP contribution in [-0.4, -0.2) is 10.9 Å². The number of nitrogens with two attached hydrogens (primary N) is 1. The molecule has 3 N–H and O–H groups in total. The third-order valence-corrected chi connectivity index (χ3v) is 3.05. The first kappa shape index (κ1) is 12.7. The van der Waals surface area contributed by atoms with Crippen molar-refractivity contribution < 1.29 is 4.79 Å². The molecular formula is C12H9Cl2N3O. The van der Waals surface area contributed by atoms with Gasteiger partial charge in [-0.1, -0.05) is 23.2 Å². The van der Waals surface area contributed by atoms with Crippen LogP contribution in [0.5, 0.6) is 0 Å². The van der Waals surface area contributed by atoms with E-state index in [0.29, 0.717) is 11.3 Å². The maximum atomic E-state index is 11.9. The van der Waals surface area contributed by atoms with Gasteiger partial charge in [0.2, 0.25) is 0 Å². The van der Waals surface area contributed by atoms with Gasteiger partial charge in [-0.25, -0.2) is 0 Å². The third-order valence-electron chi connectivity index (χ3n) is 2.24. The Hall–Kier alpha value is -1.78. The molecule has 2 rings (SSSR count). The molecule has 0 atom stereocenters. The summed E-state index contributed by atoms with van der Waals surface area (Å²) in [5, 5.41) is 3.16. The summed E-state index contributed by atoms with van der Waals surface area (Å²) in [6.45, 7) is 0. The molecule has 0 unspecified atom stereocenters. The second kappa shape index (κ2) is 5.25. The average molecular weight is 282 g/mol. The van der Waals surface area contributed by atoms with Gasteiger partial charge in [0.05, 0.1) is 27.6 Å². The van der Waals surface area contributed by atoms with E-state index >= 15 is 0 Å². The van der Waals surface area contributed by atoms with Crippen molar-refractivity contribution in [1.82, 2.24) is 4.98 Å². The molecular weight excluding hydrogens is 273 g/mol. The largest absolute Gasteiger partial charge is 0.397 e. The highest BCUT2D eigenvalue weighted by Crippen LogP contribution is 2.29. The predicted octanol–water partition coefficient (Wildman–Crippen LogP) is 3.22. The monoisotopic (exact) mass is 281 g/mol. The number of carbonyl (C=O) groups excluding carboxylic acids is 1. The lowest BCUT2D eigenvalue weighted by Crippen LogP contribution is -2.12. The number of aromatic nitrogens is 1. The summed E-state index contributed by atoms with van der Waals surface area (Å²) in [5.74, 6) is -0.326. The molecule has 0 aliphatic rings. The third kappa shape index (κ3) is 2.72. The van der Waals surface area contributed by atoms with Crippen LogP contribution in [0.15, 0.2) is 36.7 Å². The Morgan fingerprint density at radius 2 is 2.11 bits per heavy atom. The summed E-state index contributed by atoms with van der Waals surface area (Å²) in [6.07, 6.45) is 3.16. The smallest absolute Gasteiger partial charge is 0.255 e. The highest BCUT2D eigenvalue weighted by Gasteiger charge is 2.11. The minimum Gasteiger partial charge on any atom is -0.397 e. The van der Waals surface area contributed by atoms with E-state index in [2.05, 4.69) is 10.3 Å². The summed E-state index contributed by atoms with van der Waals surface area (Å²) >= 11 is 11.7. The molecule has 0 spiro atoms. The molecule has 0 saturated carbocycles. The van der Waals surface area contributed by atoms with Crippen LogP contribution < -0.4 is 11.1 Å². The van der Waals surface area contributed by atoms with Gasteiger partial charge in [0, 0.05) is 11.8 Å². The van der Waals surface area contributed by atoms with Crippen molar-refractivity contribution in [3.05, 3.63) is 52.3 Å². The van der Waals surface area contributed by atoms with Crippen molar-refractivity contribution >= 4 is 40.5 Å². The Morgan fingerprint density at radius 1 is 1.33 bits per heavy atom. The molecule has 0 radical (unpaired) electrons. The number of hydrogen-bond donors (Lipinski definition) is 2. The molecule has 1 aromatic carbocycles. The molecule has 0 aliphatic heterocycles. The summed E-state index contributed by atoms with van der Waals surface area (Å²) < 4.78 is 0. The number of amides is 1. The standard InChI is InChI=1S/C12H9Cl2N3O/c13-9-4-7(5-10(15)11(9)14)12(18)17-8-2-1-3-16-6-8/h1-6H,15H2,(H,17,18). The van der Waals surface area contributed by atoms with E-state index in [0.717, 1.165) is 0 Å². The number of benzene rings is 1. The van der Waals surface area contributed by atoms with Crippen LogP contribution in [0.3, 0.4) is 0 Å². The maximum absolute atomic E-state index is 11.9. The zero-order valence-corrected chi connectivity index (χ0v) is 10.7. The van der Waals surface area contributed by atoms with Gasteiger partial charge in [-0.05, 0) is 24.3 Å². The van der Waals surface area contributed by atoms with Crippen molar-refractivity contribution in [3.8, 4) is 0 Å². The molecule has 4 nitrogen and oxygen atoms in total. The van der Waals surface area contributed by atoms with Crippen LogP contribution in [0.2, 0.25) is 10.0 Å². The zero-order valence-electron chi connectivity index (χ0n) is 9.15. The van der Waals surface area contributed by atoms with Crippen molar-refractivity contribution in [2.75, 3.05) is 11.1 Å². The summed E-state index contributed by atoms with van der Waals surface area (Å²) in [6, 6.07) is 6.39. The van der Waals surface area contributed by atoms with Gasteiger partial charge in [-0.2, -0.15) is 0 Å². The normalized spacial score (nSPS) is 10.1. The molecule has 0 fully saturated rings. The quantitative estimate of drug-likeness (QED) is 0.831. The molecule has 92 valence electrons. The van der Waals surface area contributed by atoms with E-state index in [1.165, 1.54) is 12.1 Å². The first-order chi connectivity index (χ1) is 8.58. The average Bonchev–Trinajstić information content (AvgIpc) is 2.36. The SMILES string of the molecule is Nc1cc(C(=O)Nc2cccnc2)cc(Cl)c1Cl. The summed E-state index contributed by atoms with van der Waals surface area (Å²) in [4.78, 5) is 15.8. The number of hydrogen-bond acceptors (Lipinski definition) is 3. The molecule has 18 heavy (non-hydrogen) atoms. The van der Waals surface area contributed by atoms with E-state index in [9.17, 15) is 4.79 Å². The molecule has 1 heterocycles. The van der Waals surface area contributed by atoms with Gasteiger partial charge in [-0.15, -0.1) is 0 Å². The highest BCUT2D eigenvalue weighted by molar-refractivity contribution is 6.44. The van der Waals surface area contributed by atoms with Crippen molar-refractivity contribution in [2.45, 2.75) is 0 Å². The van der Waals surface area contributed by atoms with E-state index < -0.39 is 0 Å². The predicted molar refractivity (Wildman–Crippen MR) is 73.1 cm³/mol. The minimum atomic E-state index is -0.326. The first-order valence-corrected chi connectivity index (χ1v) is 5.79. The number of halogens is 2. The molecule has 0 saturated heterocycles. The lowest BCUT2D eigenvalue weighted by molar-refractivity contribution is 0.102. The van der Waals surface area contributed by atoms with Crippen molar-refractivity contribution in [1.29, 1.82) is 0 Å². The van der Waals surface area contributed by atoms with E-state index in [1.807, 2.05) is 0 Å². The van der Waals surface area contributed by atoms with Gasteiger partial charge in [0.1, 0.15) is 0 Å². The van der Waals surface area contributed by atoms with Crippen LogP contribution in [0.1, 0.15) is 10.4 Å². The Morgan fingerprint density at radius 3 is 2.72 bits per heavy atom. The molecule has 2 aromatic rings. The topological polar surface area (TPSA) is 68.0 Å². The maximum Gasteiger partial charge on any atom is 0.255 e. The first-order valence-electron chi connectivity index (χ1n) is 5.04. The zero-order chi connectivity index (χ0) is 13.1. The fraction of sp³-hybridized carbons (Fsp3) is 0. The number of anilines is 2. The van der Waals surface area contributed by atoms with E-state index in [4.69, 9.17) is 28.9 Å². The van der Waals surface area contributed by atoms with Gasteiger partial charge in [0.15, 0.2) is 0 Å². The van der Waals surface area contributed by atoms with Gasteiger partial charge >= 0.3 is 0 Å². The van der Waals surface area contributed by atoms with E-state index in [1.54, 1.807) is 24.5 Å². The van der Waals surface area contributed by atoms with Crippen molar-refractivity contribution in [2.24, 2.45) is 0 Å². The number of carbonyl (C=O) groups is 1. The van der Waals surface area contributed by atoms with E-state index in [-0.39, 0.29) is 21.6 Å². The Kier molecular flexibility index (Phi) is 3.69. The number of rotatable bonds is 2. The second-order valence-corrected chi connectivity index (χ2v) is 4.34. The number of nitrogen functional groups attached to an aromatic ring is 1. The highest BCUT2D eigenvalue weighted by atomic mass is 35.5. The van der Waals surface area contributed by atoms with Crippen LogP contribution >= 0.6 is 23.2 Å². The van der Waals surface area contributed by atoms with Crippen LogP contribution in [0, 0.1) is 0 Å². The number of pyridine rings is 1. The van der Waals surface area contributed by atoms with Gasteiger partial charge in [0.25, 0.3) is 5.91 Å². The molecule has 1 aromatic heterocycles. The summed E-state index contributed by atoms with van der Waals surface area (Å²) in [5.41, 5.74) is 6.84. The van der Waals surface area contributed by atoms with Crippen LogP contribution in [-0.2, 0) is 0 Å². The molecule has 0 bridgehead atoms. The van der Waals surface area contributed by atoms with Gasteiger partial charge < -0.3 is 11.1 Å². The Labute approximate surface area is 114 Å². The molecule has 6 heteroatoms. The number of nitrogens with one attached hydrogen (secondary N) is 1. The fourth-order valence-corrected chi connectivity index (χ4v) is 1.72.